The van der Waals surface area contributed by atoms with Crippen LogP contribution in [0.4, 0.5) is 0 Å². The van der Waals surface area contributed by atoms with Crippen LogP contribution in [0.15, 0.2) is 6.07 Å². The van der Waals surface area contributed by atoms with Crippen molar-refractivity contribution in [1.29, 1.82) is 0 Å². The summed E-state index contributed by atoms with van der Waals surface area (Å²) in [7, 11) is 1.44. The first-order valence-corrected chi connectivity index (χ1v) is 11.2. The Hall–Kier alpha value is -2.01. The Morgan fingerprint density at radius 2 is 1.84 bits per heavy atom. The van der Waals surface area contributed by atoms with Gasteiger partial charge in [-0.1, -0.05) is 0 Å². The summed E-state index contributed by atoms with van der Waals surface area (Å²) >= 11 is 0. The van der Waals surface area contributed by atoms with Gasteiger partial charge in [-0.05, 0) is 39.2 Å². The van der Waals surface area contributed by atoms with Gasteiger partial charge in [0, 0.05) is 52.5 Å². The molecule has 0 saturated carbocycles. The molecule has 2 amide bonds. The van der Waals surface area contributed by atoms with Crippen molar-refractivity contribution in [1.82, 2.24) is 19.6 Å². The van der Waals surface area contributed by atoms with Crippen molar-refractivity contribution < 1.29 is 29.3 Å². The zero-order valence-corrected chi connectivity index (χ0v) is 19.7. The van der Waals surface area contributed by atoms with Crippen LogP contribution in [0.25, 0.3) is 0 Å². The van der Waals surface area contributed by atoms with Crippen molar-refractivity contribution in [2.24, 2.45) is 0 Å². The Bertz CT molecular complexity index is 740. The van der Waals surface area contributed by atoms with Crippen molar-refractivity contribution in [3.8, 4) is 0 Å². The summed E-state index contributed by atoms with van der Waals surface area (Å²) in [6.07, 6.45) is -0.971. The fourth-order valence-electron chi connectivity index (χ4n) is 3.85. The van der Waals surface area contributed by atoms with Crippen LogP contribution in [0.5, 0.6) is 0 Å². The maximum absolute atomic E-state index is 13.0. The Labute approximate surface area is 190 Å². The van der Waals surface area contributed by atoms with Gasteiger partial charge in [-0.3, -0.25) is 14.3 Å². The molecule has 10 heteroatoms. The minimum atomic E-state index is -1.18. The lowest BCUT2D eigenvalue weighted by Gasteiger charge is -2.31. The molecule has 1 aliphatic heterocycles. The Kier molecular flexibility index (Phi) is 10.6. The summed E-state index contributed by atoms with van der Waals surface area (Å²) in [6, 6.07) is 1.94. The number of ether oxygens (including phenoxy) is 2. The van der Waals surface area contributed by atoms with E-state index >= 15 is 0 Å². The van der Waals surface area contributed by atoms with Gasteiger partial charge in [0.05, 0.1) is 12.3 Å². The van der Waals surface area contributed by atoms with Gasteiger partial charge in [0.2, 0.25) is 11.8 Å². The normalized spacial score (nSPS) is 24.6. The summed E-state index contributed by atoms with van der Waals surface area (Å²) in [6.45, 7) is 7.49. The molecule has 2 N–H and O–H groups in total. The topological polar surface area (TPSA) is 117 Å². The molecule has 0 aliphatic carbocycles. The maximum Gasteiger partial charge on any atom is 0.244 e. The molecule has 10 nitrogen and oxygen atoms in total. The second kappa shape index (κ2) is 12.9. The van der Waals surface area contributed by atoms with Crippen molar-refractivity contribution in [2.75, 3.05) is 46.5 Å². The molecule has 32 heavy (non-hydrogen) atoms. The van der Waals surface area contributed by atoms with E-state index in [0.717, 1.165) is 24.2 Å². The average molecular weight is 455 g/mol. The number of hydrogen-bond acceptors (Lipinski definition) is 7. The van der Waals surface area contributed by atoms with Crippen molar-refractivity contribution in [3.05, 3.63) is 17.5 Å². The number of methoxy groups -OCH3 is 1. The molecule has 182 valence electrons. The monoisotopic (exact) mass is 454 g/mol. The van der Waals surface area contributed by atoms with E-state index in [1.807, 2.05) is 24.8 Å². The first-order chi connectivity index (χ1) is 15.2. The highest BCUT2D eigenvalue weighted by Gasteiger charge is 2.29. The van der Waals surface area contributed by atoms with Gasteiger partial charge in [-0.2, -0.15) is 5.10 Å². The van der Waals surface area contributed by atoms with Gasteiger partial charge in [0.25, 0.3) is 0 Å². The van der Waals surface area contributed by atoms with Crippen LogP contribution in [0.1, 0.15) is 37.6 Å². The van der Waals surface area contributed by atoms with Gasteiger partial charge in [-0.15, -0.1) is 0 Å². The predicted octanol–water partition coefficient (Wildman–Crippen LogP) is 0.114. The number of hydrogen-bond donors (Lipinski definition) is 2. The standard InChI is InChI=1S/C22H38N4O6/c1-16-12-17(2)26(23-16)14-21(29)24-8-5-6-11-32-15-19(28)22(30)20(31-4)13-25(18(3)27)10-7-9-24/h12,19-20,22,28,30H,5-11,13-15H2,1-4H3/t19-,20-,22-/m0/s1. The van der Waals surface area contributed by atoms with Crippen LogP contribution < -0.4 is 0 Å². The third-order valence-electron chi connectivity index (χ3n) is 5.78. The first-order valence-electron chi connectivity index (χ1n) is 11.2. The van der Waals surface area contributed by atoms with E-state index in [-0.39, 0.29) is 31.5 Å². The molecular formula is C22H38N4O6. The number of aliphatic hydroxyl groups excluding tert-OH is 2. The van der Waals surface area contributed by atoms with Crippen LogP contribution in [-0.4, -0.2) is 106 Å². The van der Waals surface area contributed by atoms with Crippen molar-refractivity contribution in [2.45, 2.75) is 64.9 Å². The van der Waals surface area contributed by atoms with Crippen molar-refractivity contribution >= 4 is 11.8 Å². The van der Waals surface area contributed by atoms with E-state index in [2.05, 4.69) is 5.10 Å². The van der Waals surface area contributed by atoms with Gasteiger partial charge in [0.1, 0.15) is 24.9 Å². The van der Waals surface area contributed by atoms with E-state index in [9.17, 15) is 19.8 Å². The van der Waals surface area contributed by atoms with Crippen LogP contribution >= 0.6 is 0 Å². The number of amides is 2. The molecule has 2 heterocycles. The van der Waals surface area contributed by atoms with Crippen LogP contribution in [-0.2, 0) is 25.6 Å². The predicted molar refractivity (Wildman–Crippen MR) is 118 cm³/mol. The minimum Gasteiger partial charge on any atom is -0.388 e. The largest absolute Gasteiger partial charge is 0.388 e. The molecule has 0 radical (unpaired) electrons. The van der Waals surface area contributed by atoms with Crippen LogP contribution in [0.3, 0.4) is 0 Å². The molecule has 0 bridgehead atoms. The van der Waals surface area contributed by atoms with Gasteiger partial charge >= 0.3 is 0 Å². The summed E-state index contributed by atoms with van der Waals surface area (Å²) < 4.78 is 12.6. The highest BCUT2D eigenvalue weighted by atomic mass is 16.5. The molecule has 3 atom stereocenters. The molecule has 1 fully saturated rings. The molecule has 2 rings (SSSR count). The average Bonchev–Trinajstić information content (AvgIpc) is 3.06. The van der Waals surface area contributed by atoms with E-state index in [1.165, 1.54) is 14.0 Å². The number of aromatic nitrogens is 2. The Balaban J connectivity index is 2.09. The minimum absolute atomic E-state index is 0.0172. The van der Waals surface area contributed by atoms with Crippen LogP contribution in [0, 0.1) is 13.8 Å². The van der Waals surface area contributed by atoms with E-state index in [0.29, 0.717) is 32.7 Å². The molecular weight excluding hydrogens is 416 g/mol. The number of aryl methyl sites for hydroxylation is 2. The molecule has 1 saturated heterocycles. The summed E-state index contributed by atoms with van der Waals surface area (Å²) in [5.41, 5.74) is 1.81. The Morgan fingerprint density at radius 3 is 2.47 bits per heavy atom. The summed E-state index contributed by atoms with van der Waals surface area (Å²) in [5.74, 6) is -0.175. The number of carbonyl (C=O) groups excluding carboxylic acids is 2. The smallest absolute Gasteiger partial charge is 0.244 e. The second-order valence-electron chi connectivity index (χ2n) is 8.40. The van der Waals surface area contributed by atoms with Gasteiger partial charge in [0.15, 0.2) is 0 Å². The third-order valence-corrected chi connectivity index (χ3v) is 5.78. The zero-order chi connectivity index (χ0) is 23.7. The number of rotatable bonds is 3. The number of nitrogens with zero attached hydrogens (tertiary/aromatic N) is 4. The fraction of sp³-hybridized carbons (Fsp3) is 0.773. The first kappa shape index (κ1) is 26.2. The van der Waals surface area contributed by atoms with Gasteiger partial charge in [-0.25, -0.2) is 0 Å². The van der Waals surface area contributed by atoms with Crippen LogP contribution in [0.2, 0.25) is 0 Å². The van der Waals surface area contributed by atoms with Gasteiger partial charge < -0.3 is 29.5 Å². The molecule has 1 aliphatic rings. The van der Waals surface area contributed by atoms with E-state index < -0.39 is 18.3 Å². The lowest BCUT2D eigenvalue weighted by atomic mass is 10.1. The number of carbonyl (C=O) groups is 2. The molecule has 0 aromatic carbocycles. The fourth-order valence-corrected chi connectivity index (χ4v) is 3.85. The van der Waals surface area contributed by atoms with Crippen molar-refractivity contribution in [3.63, 3.8) is 0 Å². The second-order valence-corrected chi connectivity index (χ2v) is 8.40. The SMILES string of the molecule is CO[C@H]1CN(C(C)=O)CCCN(C(=O)Cn2nc(C)cc2C)CCCCOC[C@H](O)[C@@H]1O. The summed E-state index contributed by atoms with van der Waals surface area (Å²) in [5, 5.41) is 25.0. The quantitative estimate of drug-likeness (QED) is 0.666. The third kappa shape index (κ3) is 7.84. The summed E-state index contributed by atoms with van der Waals surface area (Å²) in [4.78, 5) is 28.5. The zero-order valence-electron chi connectivity index (χ0n) is 19.7. The lowest BCUT2D eigenvalue weighted by molar-refractivity contribution is -0.136. The Morgan fingerprint density at radius 1 is 1.16 bits per heavy atom. The van der Waals surface area contributed by atoms with E-state index in [1.54, 1.807) is 9.58 Å². The lowest BCUT2D eigenvalue weighted by Crippen LogP contribution is -2.48. The highest BCUT2D eigenvalue weighted by Crippen LogP contribution is 2.11. The van der Waals surface area contributed by atoms with E-state index in [4.69, 9.17) is 9.47 Å². The highest BCUT2D eigenvalue weighted by molar-refractivity contribution is 5.76. The molecule has 1 aromatic heterocycles. The molecule has 0 spiro atoms. The molecule has 0 unspecified atom stereocenters. The maximum atomic E-state index is 13.0. The number of aliphatic hydroxyl groups is 2. The molecule has 1 aromatic rings.